The number of ketones is 2. The monoisotopic (exact) mass is 266 g/mol. The molecule has 0 bridgehead atoms. The van der Waals surface area contributed by atoms with Crippen LogP contribution in [0.15, 0.2) is 24.3 Å². The Labute approximate surface area is 96.8 Å². The van der Waals surface area contributed by atoms with Crippen molar-refractivity contribution in [3.05, 3.63) is 35.4 Å². The second-order valence-electron chi connectivity index (χ2n) is 3.71. The molecule has 0 saturated heterocycles. The van der Waals surface area contributed by atoms with E-state index < -0.39 is 5.92 Å². The fourth-order valence-electron chi connectivity index (χ4n) is 2.00. The maximum atomic E-state index is 12.0. The zero-order valence-corrected chi connectivity index (χ0v) is 9.79. The van der Waals surface area contributed by atoms with Gasteiger partial charge in [0.05, 0.1) is 11.2 Å². The summed E-state index contributed by atoms with van der Waals surface area (Å²) in [6.07, 6.45) is 1.48. The first-order valence-electron chi connectivity index (χ1n) is 4.95. The van der Waals surface area contributed by atoms with E-state index in [0.717, 1.165) is 17.5 Å². The third kappa shape index (κ3) is 1.88. The molecule has 0 spiro atoms. The minimum atomic E-state index is -0.431. The molecule has 1 atom stereocenters. The fourth-order valence-corrected chi connectivity index (χ4v) is 2.39. The first kappa shape index (κ1) is 10.6. The van der Waals surface area contributed by atoms with Crippen molar-refractivity contribution < 1.29 is 9.59 Å². The molecule has 0 saturated carbocycles. The van der Waals surface area contributed by atoms with Crippen LogP contribution < -0.4 is 0 Å². The largest absolute Gasteiger partial charge is 0.298 e. The number of halogens is 1. The number of alkyl halides is 1. The van der Waals surface area contributed by atoms with E-state index in [4.69, 9.17) is 0 Å². The lowest BCUT2D eigenvalue weighted by Crippen LogP contribution is -2.30. The van der Waals surface area contributed by atoms with Crippen LogP contribution in [0.25, 0.3) is 0 Å². The molecule has 78 valence electrons. The van der Waals surface area contributed by atoms with Gasteiger partial charge in [0.15, 0.2) is 11.6 Å². The lowest BCUT2D eigenvalue weighted by molar-refractivity contribution is -0.119. The lowest BCUT2D eigenvalue weighted by Gasteiger charge is -2.21. The van der Waals surface area contributed by atoms with E-state index in [2.05, 4.69) is 15.9 Å². The number of fused-ring (bicyclic) bond motifs is 1. The molecule has 0 heterocycles. The molecule has 0 fully saturated rings. The summed E-state index contributed by atoms with van der Waals surface area (Å²) in [6.45, 7) is 0. The number of Topliss-reactive ketones (excluding diaryl/α,β-unsaturated/α-hetero) is 2. The molecule has 0 amide bonds. The quantitative estimate of drug-likeness (QED) is 0.609. The average molecular weight is 267 g/mol. The van der Waals surface area contributed by atoms with Gasteiger partial charge in [-0.15, -0.1) is 0 Å². The zero-order chi connectivity index (χ0) is 10.8. The van der Waals surface area contributed by atoms with Gasteiger partial charge in [0.2, 0.25) is 0 Å². The molecular formula is C12H11BrO2. The topological polar surface area (TPSA) is 34.1 Å². The van der Waals surface area contributed by atoms with Crippen LogP contribution in [0.5, 0.6) is 0 Å². The molecule has 0 aromatic heterocycles. The molecule has 3 heteroatoms. The first-order chi connectivity index (χ1) is 7.24. The molecule has 2 nitrogen and oxygen atoms in total. The number of carbonyl (C=O) groups excluding carboxylic acids is 2. The van der Waals surface area contributed by atoms with Crippen molar-refractivity contribution in [3.8, 4) is 0 Å². The first-order valence-corrected chi connectivity index (χ1v) is 6.07. The van der Waals surface area contributed by atoms with Crippen LogP contribution in [0.1, 0.15) is 22.3 Å². The van der Waals surface area contributed by atoms with Crippen molar-refractivity contribution in [2.24, 2.45) is 5.92 Å². The van der Waals surface area contributed by atoms with E-state index in [9.17, 15) is 9.59 Å². The highest BCUT2D eigenvalue weighted by Gasteiger charge is 2.31. The lowest BCUT2D eigenvalue weighted by atomic mass is 9.81. The Kier molecular flexibility index (Phi) is 3.00. The van der Waals surface area contributed by atoms with E-state index in [1.165, 1.54) is 0 Å². The van der Waals surface area contributed by atoms with Crippen molar-refractivity contribution in [3.63, 3.8) is 0 Å². The van der Waals surface area contributed by atoms with Gasteiger partial charge in [-0.1, -0.05) is 40.2 Å². The number of hydrogen-bond acceptors (Lipinski definition) is 2. The second kappa shape index (κ2) is 4.27. The summed E-state index contributed by atoms with van der Waals surface area (Å²) in [5.41, 5.74) is 1.80. The molecule has 15 heavy (non-hydrogen) atoms. The Bertz CT molecular complexity index is 412. The molecular weight excluding hydrogens is 256 g/mol. The van der Waals surface area contributed by atoms with Gasteiger partial charge in [-0.05, 0) is 18.4 Å². The van der Waals surface area contributed by atoms with Crippen LogP contribution >= 0.6 is 15.9 Å². The molecule has 2 rings (SSSR count). The van der Waals surface area contributed by atoms with E-state index in [1.54, 1.807) is 0 Å². The van der Waals surface area contributed by atoms with Gasteiger partial charge in [0, 0.05) is 5.56 Å². The van der Waals surface area contributed by atoms with Gasteiger partial charge >= 0.3 is 0 Å². The van der Waals surface area contributed by atoms with Crippen LogP contribution in [0.3, 0.4) is 0 Å². The smallest absolute Gasteiger partial charge is 0.173 e. The van der Waals surface area contributed by atoms with Gasteiger partial charge in [-0.2, -0.15) is 0 Å². The van der Waals surface area contributed by atoms with Crippen molar-refractivity contribution >= 4 is 27.5 Å². The summed E-state index contributed by atoms with van der Waals surface area (Å²) in [7, 11) is 0. The Morgan fingerprint density at radius 3 is 2.87 bits per heavy atom. The second-order valence-corrected chi connectivity index (χ2v) is 4.27. The van der Waals surface area contributed by atoms with Crippen molar-refractivity contribution in [2.45, 2.75) is 12.8 Å². The Morgan fingerprint density at radius 1 is 1.40 bits per heavy atom. The predicted octanol–water partition coefficient (Wildman–Crippen LogP) is 2.40. The summed E-state index contributed by atoms with van der Waals surface area (Å²) in [6, 6.07) is 7.55. The maximum Gasteiger partial charge on any atom is 0.173 e. The normalized spacial score (nSPS) is 19.8. The minimum Gasteiger partial charge on any atom is -0.298 e. The van der Waals surface area contributed by atoms with Gasteiger partial charge < -0.3 is 0 Å². The molecule has 1 aromatic carbocycles. The van der Waals surface area contributed by atoms with Gasteiger partial charge in [0.1, 0.15) is 0 Å². The van der Waals surface area contributed by atoms with E-state index >= 15 is 0 Å². The van der Waals surface area contributed by atoms with Gasteiger partial charge in [0.25, 0.3) is 0 Å². The predicted molar refractivity (Wildman–Crippen MR) is 61.4 cm³/mol. The van der Waals surface area contributed by atoms with Crippen LogP contribution in [0, 0.1) is 5.92 Å². The summed E-state index contributed by atoms with van der Waals surface area (Å²) < 4.78 is 0. The number of carbonyl (C=O) groups is 2. The number of aryl methyl sites for hydroxylation is 1. The van der Waals surface area contributed by atoms with Crippen molar-refractivity contribution in [1.82, 2.24) is 0 Å². The zero-order valence-electron chi connectivity index (χ0n) is 8.20. The molecule has 1 aromatic rings. The number of hydrogen-bond donors (Lipinski definition) is 0. The Balaban J connectivity index is 2.34. The summed E-state index contributed by atoms with van der Waals surface area (Å²) in [5.74, 6) is -0.449. The number of benzene rings is 1. The standard InChI is InChI=1S/C12H11BrO2/c13-7-11(14)10-6-5-8-3-1-2-4-9(8)12(10)15/h1-4,10H,5-7H2. The highest BCUT2D eigenvalue weighted by Crippen LogP contribution is 2.26. The highest BCUT2D eigenvalue weighted by molar-refractivity contribution is 9.09. The van der Waals surface area contributed by atoms with Crippen molar-refractivity contribution in [1.29, 1.82) is 0 Å². The molecule has 0 radical (unpaired) electrons. The fraction of sp³-hybridized carbons (Fsp3) is 0.333. The van der Waals surface area contributed by atoms with Crippen LogP contribution in [0.4, 0.5) is 0 Å². The Morgan fingerprint density at radius 2 is 2.13 bits per heavy atom. The van der Waals surface area contributed by atoms with E-state index in [0.29, 0.717) is 6.42 Å². The molecule has 0 N–H and O–H groups in total. The maximum absolute atomic E-state index is 12.0. The van der Waals surface area contributed by atoms with Crippen LogP contribution in [-0.4, -0.2) is 16.9 Å². The third-order valence-electron chi connectivity index (χ3n) is 2.82. The van der Waals surface area contributed by atoms with E-state index in [-0.39, 0.29) is 16.9 Å². The average Bonchev–Trinajstić information content (AvgIpc) is 2.29. The summed E-state index contributed by atoms with van der Waals surface area (Å²) >= 11 is 3.12. The summed E-state index contributed by atoms with van der Waals surface area (Å²) in [4.78, 5) is 23.5. The number of rotatable bonds is 2. The minimum absolute atomic E-state index is 0.00509. The highest BCUT2D eigenvalue weighted by atomic mass is 79.9. The van der Waals surface area contributed by atoms with Gasteiger partial charge in [-0.25, -0.2) is 0 Å². The molecule has 0 aliphatic heterocycles. The molecule has 1 aliphatic carbocycles. The van der Waals surface area contributed by atoms with Crippen molar-refractivity contribution in [2.75, 3.05) is 5.33 Å². The van der Waals surface area contributed by atoms with Crippen LogP contribution in [0.2, 0.25) is 0 Å². The summed E-state index contributed by atoms with van der Waals surface area (Å²) in [5, 5.41) is 0.269. The Hall–Kier alpha value is -0.960. The van der Waals surface area contributed by atoms with E-state index in [1.807, 2.05) is 24.3 Å². The molecule has 1 unspecified atom stereocenters. The van der Waals surface area contributed by atoms with Crippen LogP contribution in [-0.2, 0) is 11.2 Å². The SMILES string of the molecule is O=C(CBr)C1CCc2ccccc2C1=O. The third-order valence-corrected chi connectivity index (χ3v) is 3.37. The van der Waals surface area contributed by atoms with Gasteiger partial charge in [-0.3, -0.25) is 9.59 Å². The molecule has 1 aliphatic rings.